The lowest BCUT2D eigenvalue weighted by molar-refractivity contribution is -0.126. The number of para-hydroxylation sites is 2. The number of nitrogens with zero attached hydrogens (tertiary/aromatic N) is 1. The van der Waals surface area contributed by atoms with Crippen LogP contribution in [0.5, 0.6) is 5.75 Å². The van der Waals surface area contributed by atoms with E-state index >= 15 is 0 Å². The van der Waals surface area contributed by atoms with E-state index in [1.54, 1.807) is 18.2 Å². The van der Waals surface area contributed by atoms with Gasteiger partial charge in [-0.05, 0) is 36.8 Å². The summed E-state index contributed by atoms with van der Waals surface area (Å²) in [6.07, 6.45) is 0.953. The highest BCUT2D eigenvalue weighted by molar-refractivity contribution is 6.03. The number of ether oxygens (including phenoxy) is 1. The van der Waals surface area contributed by atoms with Crippen LogP contribution in [0.1, 0.15) is 23.1 Å². The molecule has 0 bridgehead atoms. The van der Waals surface area contributed by atoms with Crippen molar-refractivity contribution in [2.75, 3.05) is 5.32 Å². The molecule has 0 saturated carbocycles. The van der Waals surface area contributed by atoms with Gasteiger partial charge in [-0.3, -0.25) is 9.59 Å². The van der Waals surface area contributed by atoms with Gasteiger partial charge in [-0.25, -0.2) is 9.82 Å². The van der Waals surface area contributed by atoms with Gasteiger partial charge in [-0.1, -0.05) is 54.1 Å². The Hall–Kier alpha value is -4.00. The highest BCUT2D eigenvalue weighted by Gasteiger charge is 2.11. The van der Waals surface area contributed by atoms with E-state index in [0.29, 0.717) is 17.9 Å². The van der Waals surface area contributed by atoms with Gasteiger partial charge in [-0.2, -0.15) is 5.10 Å². The molecule has 0 aliphatic heterocycles. The molecule has 3 rings (SSSR count). The molecule has 6 nitrogen and oxygen atoms in total. The number of hydrogen-bond donors (Lipinski definition) is 2. The van der Waals surface area contributed by atoms with Gasteiger partial charge < -0.3 is 10.1 Å². The molecule has 0 aliphatic rings. The molecular formula is C24H22FN3O3. The predicted octanol–water partition coefficient (Wildman–Crippen LogP) is 4.19. The van der Waals surface area contributed by atoms with Crippen molar-refractivity contribution in [1.82, 2.24) is 5.43 Å². The number of rotatable bonds is 8. The van der Waals surface area contributed by atoms with E-state index in [0.717, 1.165) is 5.56 Å². The Labute approximate surface area is 179 Å². The molecule has 7 heteroatoms. The number of halogens is 1. The van der Waals surface area contributed by atoms with Gasteiger partial charge in [0.15, 0.2) is 0 Å². The number of aryl methyl sites for hydroxylation is 1. The number of anilines is 1. The minimum atomic E-state index is -0.639. The Morgan fingerprint density at radius 2 is 1.68 bits per heavy atom. The van der Waals surface area contributed by atoms with Gasteiger partial charge in [0.1, 0.15) is 24.6 Å². The fraction of sp³-hybridized carbons (Fsp3) is 0.125. The molecule has 0 heterocycles. The number of hydrogen-bond acceptors (Lipinski definition) is 4. The third-order valence-corrected chi connectivity index (χ3v) is 4.30. The van der Waals surface area contributed by atoms with Crippen molar-refractivity contribution >= 4 is 23.7 Å². The van der Waals surface area contributed by atoms with Crippen LogP contribution in [0.4, 0.5) is 10.1 Å². The van der Waals surface area contributed by atoms with Crippen LogP contribution in [-0.4, -0.2) is 18.0 Å². The van der Waals surface area contributed by atoms with Crippen molar-refractivity contribution < 1.29 is 18.7 Å². The molecule has 0 saturated heterocycles. The van der Waals surface area contributed by atoms with E-state index in [1.807, 2.05) is 43.3 Å². The third kappa shape index (κ3) is 6.78. The van der Waals surface area contributed by atoms with Gasteiger partial charge >= 0.3 is 0 Å². The number of benzene rings is 3. The van der Waals surface area contributed by atoms with Crippen LogP contribution in [0.25, 0.3) is 0 Å². The highest BCUT2D eigenvalue weighted by Crippen LogP contribution is 2.18. The lowest BCUT2D eigenvalue weighted by Crippen LogP contribution is -2.25. The molecule has 0 radical (unpaired) electrons. The molecule has 3 aromatic rings. The average Bonchev–Trinajstić information content (AvgIpc) is 2.76. The summed E-state index contributed by atoms with van der Waals surface area (Å²) >= 11 is 0. The summed E-state index contributed by atoms with van der Waals surface area (Å²) in [5.41, 5.74) is 5.19. The van der Waals surface area contributed by atoms with Crippen LogP contribution in [0.15, 0.2) is 77.9 Å². The first-order valence-corrected chi connectivity index (χ1v) is 9.65. The second-order valence-corrected chi connectivity index (χ2v) is 6.81. The zero-order valence-electron chi connectivity index (χ0n) is 17.0. The molecule has 2 amide bonds. The number of hydrazone groups is 1. The second-order valence-electron chi connectivity index (χ2n) is 6.81. The monoisotopic (exact) mass is 419 g/mol. The molecule has 2 N–H and O–H groups in total. The fourth-order valence-electron chi connectivity index (χ4n) is 2.68. The summed E-state index contributed by atoms with van der Waals surface area (Å²) in [5, 5.41) is 6.24. The summed E-state index contributed by atoms with van der Waals surface area (Å²) in [6, 6.07) is 21.0. The van der Waals surface area contributed by atoms with Crippen molar-refractivity contribution in [3.8, 4) is 5.75 Å². The standard InChI is InChI=1S/C24H22FN3O3/c1-17-10-12-18(13-11-17)16-31-22-9-5-2-6-19(22)15-26-28-24(30)14-23(29)27-21-8-4-3-7-20(21)25/h2-13,15H,14,16H2,1H3,(H,27,29)(H,28,30). The van der Waals surface area contributed by atoms with Crippen molar-refractivity contribution in [2.24, 2.45) is 5.10 Å². The van der Waals surface area contributed by atoms with Crippen molar-refractivity contribution in [3.63, 3.8) is 0 Å². The molecule has 0 fully saturated rings. The quantitative estimate of drug-likeness (QED) is 0.326. The number of carbonyl (C=O) groups excluding carboxylic acids is 2. The SMILES string of the molecule is Cc1ccc(COc2ccccc2C=NNC(=O)CC(=O)Nc2ccccc2F)cc1. The number of nitrogens with one attached hydrogen (secondary N) is 2. The summed E-state index contributed by atoms with van der Waals surface area (Å²) in [4.78, 5) is 23.8. The first-order valence-electron chi connectivity index (χ1n) is 9.65. The summed E-state index contributed by atoms with van der Waals surface area (Å²) < 4.78 is 19.4. The molecule has 0 atom stereocenters. The van der Waals surface area contributed by atoms with Gasteiger partial charge in [0.2, 0.25) is 11.8 Å². The minimum absolute atomic E-state index is 0.0171. The first kappa shape index (κ1) is 21.7. The van der Waals surface area contributed by atoms with E-state index < -0.39 is 24.1 Å². The Kier molecular flexibility index (Phi) is 7.48. The Morgan fingerprint density at radius 1 is 0.968 bits per heavy atom. The normalized spacial score (nSPS) is 10.6. The minimum Gasteiger partial charge on any atom is -0.488 e. The van der Waals surface area contributed by atoms with Gasteiger partial charge in [-0.15, -0.1) is 0 Å². The van der Waals surface area contributed by atoms with Gasteiger partial charge in [0.05, 0.1) is 11.9 Å². The van der Waals surface area contributed by atoms with E-state index in [-0.39, 0.29) is 5.69 Å². The van der Waals surface area contributed by atoms with E-state index in [9.17, 15) is 14.0 Å². The Morgan fingerprint density at radius 3 is 2.45 bits per heavy atom. The Bertz CT molecular complexity index is 1080. The summed E-state index contributed by atoms with van der Waals surface area (Å²) in [5.74, 6) is -1.22. The molecule has 3 aromatic carbocycles. The molecule has 0 spiro atoms. The molecule has 158 valence electrons. The maximum Gasteiger partial charge on any atom is 0.249 e. The second kappa shape index (κ2) is 10.7. The molecule has 0 unspecified atom stereocenters. The third-order valence-electron chi connectivity index (χ3n) is 4.30. The van der Waals surface area contributed by atoms with Crippen LogP contribution >= 0.6 is 0 Å². The maximum atomic E-state index is 13.6. The molecule has 31 heavy (non-hydrogen) atoms. The zero-order chi connectivity index (χ0) is 22.1. The smallest absolute Gasteiger partial charge is 0.249 e. The zero-order valence-corrected chi connectivity index (χ0v) is 17.0. The average molecular weight is 419 g/mol. The lowest BCUT2D eigenvalue weighted by atomic mass is 10.1. The molecule has 0 aromatic heterocycles. The Balaban J connectivity index is 1.52. The summed E-state index contributed by atoms with van der Waals surface area (Å²) in [6.45, 7) is 2.42. The first-order chi connectivity index (χ1) is 15.0. The van der Waals surface area contributed by atoms with Crippen molar-refractivity contribution in [3.05, 3.63) is 95.3 Å². The number of carbonyl (C=O) groups is 2. The summed E-state index contributed by atoms with van der Waals surface area (Å²) in [7, 11) is 0. The molecule has 0 aliphatic carbocycles. The predicted molar refractivity (Wildman–Crippen MR) is 117 cm³/mol. The highest BCUT2D eigenvalue weighted by atomic mass is 19.1. The van der Waals surface area contributed by atoms with Gasteiger partial charge in [0, 0.05) is 5.56 Å². The molecular weight excluding hydrogens is 397 g/mol. The van der Waals surface area contributed by atoms with E-state index in [2.05, 4.69) is 15.8 Å². The van der Waals surface area contributed by atoms with Gasteiger partial charge in [0.25, 0.3) is 0 Å². The maximum absolute atomic E-state index is 13.6. The fourth-order valence-corrected chi connectivity index (χ4v) is 2.68. The van der Waals surface area contributed by atoms with E-state index in [1.165, 1.54) is 30.0 Å². The number of amides is 2. The van der Waals surface area contributed by atoms with Crippen LogP contribution in [0.2, 0.25) is 0 Å². The van der Waals surface area contributed by atoms with Crippen molar-refractivity contribution in [2.45, 2.75) is 20.0 Å². The van der Waals surface area contributed by atoms with Crippen LogP contribution in [0.3, 0.4) is 0 Å². The van der Waals surface area contributed by atoms with Crippen LogP contribution in [-0.2, 0) is 16.2 Å². The lowest BCUT2D eigenvalue weighted by Gasteiger charge is -2.09. The van der Waals surface area contributed by atoms with Crippen molar-refractivity contribution in [1.29, 1.82) is 0 Å². The van der Waals surface area contributed by atoms with Crippen LogP contribution < -0.4 is 15.5 Å². The topological polar surface area (TPSA) is 79.8 Å². The van der Waals surface area contributed by atoms with E-state index in [4.69, 9.17) is 4.74 Å². The van der Waals surface area contributed by atoms with Crippen LogP contribution in [0, 0.1) is 12.7 Å². The largest absolute Gasteiger partial charge is 0.488 e.